The summed E-state index contributed by atoms with van der Waals surface area (Å²) in [6.45, 7) is 2.30. The van der Waals surface area contributed by atoms with Gasteiger partial charge >= 0.3 is 5.97 Å². The first-order valence-electron chi connectivity index (χ1n) is 9.40. The summed E-state index contributed by atoms with van der Waals surface area (Å²) in [4.78, 5) is 12.6. The monoisotopic (exact) mass is 370 g/mol. The lowest BCUT2D eigenvalue weighted by atomic mass is 9.96. The number of esters is 1. The van der Waals surface area contributed by atoms with E-state index in [-0.39, 0.29) is 5.97 Å². The average molecular weight is 371 g/mol. The molecule has 1 aliphatic rings. The van der Waals surface area contributed by atoms with Crippen molar-refractivity contribution in [3.63, 3.8) is 0 Å². The third-order valence-electron chi connectivity index (χ3n) is 4.48. The molecule has 0 saturated heterocycles. The molecule has 0 atom stereocenters. The van der Waals surface area contributed by atoms with Crippen LogP contribution in [0.4, 0.5) is 0 Å². The molecule has 26 heavy (non-hydrogen) atoms. The van der Waals surface area contributed by atoms with Gasteiger partial charge in [0.2, 0.25) is 0 Å². The minimum absolute atomic E-state index is 0.104. The highest BCUT2D eigenvalue weighted by molar-refractivity contribution is 7.99. The summed E-state index contributed by atoms with van der Waals surface area (Å²) >= 11 is 1.77. The van der Waals surface area contributed by atoms with Crippen molar-refractivity contribution in [3.8, 4) is 16.9 Å². The molecular weight excluding hydrogens is 344 g/mol. The standard InChI is InChI=1S/C22H26O3S/c1-2-24-22(23)10-5-15-26-21-13-11-17(12-14-21)18-6-3-9-20(16-18)25-19-7-4-8-19/h3,6,9,11-14,16,19H,2,4-5,7-8,10,15H2,1H3. The zero-order chi connectivity index (χ0) is 18.2. The molecule has 3 nitrogen and oxygen atoms in total. The van der Waals surface area contributed by atoms with Crippen LogP contribution in [-0.2, 0) is 9.53 Å². The molecule has 4 heteroatoms. The number of carbonyl (C=O) groups excluding carboxylic acids is 1. The van der Waals surface area contributed by atoms with Gasteiger partial charge < -0.3 is 9.47 Å². The molecule has 0 heterocycles. The summed E-state index contributed by atoms with van der Waals surface area (Å²) in [5.41, 5.74) is 2.38. The fourth-order valence-electron chi connectivity index (χ4n) is 2.81. The molecule has 0 amide bonds. The van der Waals surface area contributed by atoms with E-state index in [1.165, 1.54) is 35.3 Å². The van der Waals surface area contributed by atoms with Crippen molar-refractivity contribution in [2.45, 2.75) is 50.0 Å². The van der Waals surface area contributed by atoms with E-state index in [1.54, 1.807) is 11.8 Å². The second-order valence-corrected chi connectivity index (χ2v) is 7.65. The first-order valence-corrected chi connectivity index (χ1v) is 10.4. The first kappa shape index (κ1) is 18.8. The van der Waals surface area contributed by atoms with Gasteiger partial charge in [-0.3, -0.25) is 4.79 Å². The smallest absolute Gasteiger partial charge is 0.305 e. The van der Waals surface area contributed by atoms with Crippen LogP contribution in [-0.4, -0.2) is 24.4 Å². The van der Waals surface area contributed by atoms with Gasteiger partial charge in [-0.15, -0.1) is 11.8 Å². The highest BCUT2D eigenvalue weighted by Gasteiger charge is 2.19. The van der Waals surface area contributed by atoms with Crippen molar-refractivity contribution in [3.05, 3.63) is 48.5 Å². The Balaban J connectivity index is 1.50. The van der Waals surface area contributed by atoms with Crippen LogP contribution >= 0.6 is 11.8 Å². The van der Waals surface area contributed by atoms with Crippen LogP contribution in [0.3, 0.4) is 0 Å². The summed E-state index contributed by atoms with van der Waals surface area (Å²) in [6, 6.07) is 16.9. The maximum atomic E-state index is 11.3. The molecular formula is C22H26O3S. The topological polar surface area (TPSA) is 35.5 Å². The van der Waals surface area contributed by atoms with E-state index in [4.69, 9.17) is 9.47 Å². The number of hydrogen-bond donors (Lipinski definition) is 0. The van der Waals surface area contributed by atoms with Crippen LogP contribution in [0.25, 0.3) is 11.1 Å². The third kappa shape index (κ3) is 5.53. The van der Waals surface area contributed by atoms with Gasteiger partial charge in [0.15, 0.2) is 0 Å². The van der Waals surface area contributed by atoms with Crippen molar-refractivity contribution < 1.29 is 14.3 Å². The maximum absolute atomic E-state index is 11.3. The van der Waals surface area contributed by atoms with Crippen molar-refractivity contribution in [1.82, 2.24) is 0 Å². The molecule has 1 aliphatic carbocycles. The average Bonchev–Trinajstić information content (AvgIpc) is 2.63. The number of carbonyl (C=O) groups is 1. The molecule has 1 saturated carbocycles. The Morgan fingerprint density at radius 1 is 1.12 bits per heavy atom. The molecule has 0 N–H and O–H groups in total. The summed E-state index contributed by atoms with van der Waals surface area (Å²) < 4.78 is 10.9. The Hall–Kier alpha value is -1.94. The number of hydrogen-bond acceptors (Lipinski definition) is 4. The van der Waals surface area contributed by atoms with Crippen molar-refractivity contribution in [2.24, 2.45) is 0 Å². The molecule has 2 aromatic rings. The summed E-state index contributed by atoms with van der Waals surface area (Å²) in [5, 5.41) is 0. The Labute approximate surface area is 160 Å². The van der Waals surface area contributed by atoms with E-state index in [2.05, 4.69) is 42.5 Å². The molecule has 0 aliphatic heterocycles. The predicted octanol–water partition coefficient (Wildman–Crippen LogP) is 5.72. The second-order valence-electron chi connectivity index (χ2n) is 6.48. The second kappa shape index (κ2) is 9.67. The molecule has 0 radical (unpaired) electrons. The summed E-state index contributed by atoms with van der Waals surface area (Å²) in [6.07, 6.45) is 5.36. The van der Waals surface area contributed by atoms with Gasteiger partial charge in [0.25, 0.3) is 0 Å². The van der Waals surface area contributed by atoms with E-state index in [9.17, 15) is 4.79 Å². The highest BCUT2D eigenvalue weighted by atomic mass is 32.2. The van der Waals surface area contributed by atoms with Crippen LogP contribution in [0, 0.1) is 0 Å². The van der Waals surface area contributed by atoms with Gasteiger partial charge in [0, 0.05) is 11.3 Å². The van der Waals surface area contributed by atoms with E-state index < -0.39 is 0 Å². The van der Waals surface area contributed by atoms with E-state index >= 15 is 0 Å². The lowest BCUT2D eigenvalue weighted by Gasteiger charge is -2.26. The third-order valence-corrected chi connectivity index (χ3v) is 5.57. The van der Waals surface area contributed by atoms with E-state index in [1.807, 2.05) is 13.0 Å². The first-order chi connectivity index (χ1) is 12.7. The van der Waals surface area contributed by atoms with E-state index in [0.717, 1.165) is 17.9 Å². The number of rotatable bonds is 9. The Kier molecular flexibility index (Phi) is 7.01. The zero-order valence-electron chi connectivity index (χ0n) is 15.3. The van der Waals surface area contributed by atoms with Gasteiger partial charge in [-0.1, -0.05) is 24.3 Å². The molecule has 138 valence electrons. The molecule has 0 spiro atoms. The number of benzene rings is 2. The molecule has 3 rings (SSSR count). The van der Waals surface area contributed by atoms with Gasteiger partial charge in [-0.25, -0.2) is 0 Å². The van der Waals surface area contributed by atoms with Crippen LogP contribution < -0.4 is 4.74 Å². The van der Waals surface area contributed by atoms with Gasteiger partial charge in [-0.05, 0) is 73.8 Å². The van der Waals surface area contributed by atoms with E-state index in [0.29, 0.717) is 19.1 Å². The zero-order valence-corrected chi connectivity index (χ0v) is 16.1. The Morgan fingerprint density at radius 3 is 2.62 bits per heavy atom. The van der Waals surface area contributed by atoms with Crippen molar-refractivity contribution >= 4 is 17.7 Å². The fourth-order valence-corrected chi connectivity index (χ4v) is 3.67. The van der Waals surface area contributed by atoms with Gasteiger partial charge in [0.1, 0.15) is 5.75 Å². The van der Waals surface area contributed by atoms with Crippen LogP contribution in [0.15, 0.2) is 53.4 Å². The SMILES string of the molecule is CCOC(=O)CCCSc1ccc(-c2cccc(OC3CCC3)c2)cc1. The minimum Gasteiger partial charge on any atom is -0.490 e. The Morgan fingerprint density at radius 2 is 1.92 bits per heavy atom. The molecule has 0 unspecified atom stereocenters. The minimum atomic E-state index is -0.104. The van der Waals surface area contributed by atoms with Crippen molar-refractivity contribution in [2.75, 3.05) is 12.4 Å². The van der Waals surface area contributed by atoms with Crippen LogP contribution in [0.2, 0.25) is 0 Å². The predicted molar refractivity (Wildman–Crippen MR) is 107 cm³/mol. The molecule has 0 aromatic heterocycles. The molecule has 1 fully saturated rings. The number of ether oxygens (including phenoxy) is 2. The largest absolute Gasteiger partial charge is 0.490 e. The fraction of sp³-hybridized carbons (Fsp3) is 0.409. The van der Waals surface area contributed by atoms with Crippen LogP contribution in [0.1, 0.15) is 39.0 Å². The maximum Gasteiger partial charge on any atom is 0.305 e. The molecule has 0 bridgehead atoms. The normalized spacial score (nSPS) is 13.9. The lowest BCUT2D eigenvalue weighted by molar-refractivity contribution is -0.143. The van der Waals surface area contributed by atoms with Crippen LogP contribution in [0.5, 0.6) is 5.75 Å². The quantitative estimate of drug-likeness (QED) is 0.321. The summed E-state index contributed by atoms with van der Waals surface area (Å²) in [7, 11) is 0. The van der Waals surface area contributed by atoms with Crippen molar-refractivity contribution in [1.29, 1.82) is 0 Å². The Bertz CT molecular complexity index is 708. The molecule has 2 aromatic carbocycles. The summed E-state index contributed by atoms with van der Waals surface area (Å²) in [5.74, 6) is 1.78. The highest BCUT2D eigenvalue weighted by Crippen LogP contribution is 2.30. The van der Waals surface area contributed by atoms with Gasteiger partial charge in [0.05, 0.1) is 12.7 Å². The number of thioether (sulfide) groups is 1. The van der Waals surface area contributed by atoms with Gasteiger partial charge in [-0.2, -0.15) is 0 Å². The lowest BCUT2D eigenvalue weighted by Crippen LogP contribution is -2.24.